The number of rotatable bonds is 9. The number of nitrogens with one attached hydrogen (secondary N) is 1. The molecule has 2 aromatic rings. The number of amides is 1. The number of anilines is 1. The van der Waals surface area contributed by atoms with Crippen molar-refractivity contribution in [1.29, 1.82) is 5.26 Å². The van der Waals surface area contributed by atoms with Crippen LogP contribution in [0.25, 0.3) is 6.08 Å². The van der Waals surface area contributed by atoms with E-state index in [1.165, 1.54) is 43.1 Å². The first-order valence-electron chi connectivity index (χ1n) is 8.58. The summed E-state index contributed by atoms with van der Waals surface area (Å²) in [6, 6.07) is 6.17. The molecule has 12 heteroatoms. The molecule has 1 N–H and O–H groups in total. The third-order valence-electron chi connectivity index (χ3n) is 3.28. The van der Waals surface area contributed by atoms with Crippen LogP contribution in [-0.4, -0.2) is 42.8 Å². The Morgan fingerprint density at radius 1 is 1.40 bits per heavy atom. The topological polar surface area (TPSA) is 131 Å². The maximum absolute atomic E-state index is 12.4. The van der Waals surface area contributed by atoms with Crippen LogP contribution < -0.4 is 14.2 Å². The second kappa shape index (κ2) is 10.4. The molecule has 0 unspecified atom stereocenters. The summed E-state index contributed by atoms with van der Waals surface area (Å²) in [5, 5.41) is 12.8. The average molecular weight is 469 g/mol. The fraction of sp³-hybridized carbons (Fsp3) is 0.333. The molecule has 0 spiro atoms. The second-order valence-electron chi connectivity index (χ2n) is 6.41. The van der Waals surface area contributed by atoms with E-state index in [1.54, 1.807) is 0 Å². The van der Waals surface area contributed by atoms with Crippen LogP contribution in [0.4, 0.5) is 5.13 Å². The predicted molar refractivity (Wildman–Crippen MR) is 116 cm³/mol. The summed E-state index contributed by atoms with van der Waals surface area (Å²) in [7, 11) is -2.38. The van der Waals surface area contributed by atoms with Crippen molar-refractivity contribution in [1.82, 2.24) is 9.36 Å². The molecule has 1 aromatic carbocycles. The Morgan fingerprint density at radius 3 is 2.73 bits per heavy atom. The van der Waals surface area contributed by atoms with Gasteiger partial charge in [-0.15, -0.1) is 0 Å². The molecule has 1 amide bonds. The highest BCUT2D eigenvalue weighted by Gasteiger charge is 2.15. The number of carbonyl (C=O) groups is 1. The quantitative estimate of drug-likeness (QED) is 0.255. The van der Waals surface area contributed by atoms with Gasteiger partial charge >= 0.3 is 10.1 Å². The molecule has 0 bridgehead atoms. The van der Waals surface area contributed by atoms with Crippen molar-refractivity contribution in [2.45, 2.75) is 19.0 Å². The van der Waals surface area contributed by atoms with Crippen LogP contribution in [0.15, 0.2) is 28.9 Å². The van der Waals surface area contributed by atoms with E-state index in [0.717, 1.165) is 23.5 Å². The molecule has 1 heterocycles. The zero-order valence-electron chi connectivity index (χ0n) is 16.7. The molecule has 0 aliphatic carbocycles. The van der Waals surface area contributed by atoms with Crippen molar-refractivity contribution in [3.8, 4) is 17.6 Å². The number of hydrogen-bond donors (Lipinski definition) is 1. The van der Waals surface area contributed by atoms with Gasteiger partial charge in [0.25, 0.3) is 5.91 Å². The van der Waals surface area contributed by atoms with E-state index in [1.807, 2.05) is 6.07 Å². The molecule has 0 atom stereocenters. The van der Waals surface area contributed by atoms with Gasteiger partial charge in [0.15, 0.2) is 11.5 Å². The van der Waals surface area contributed by atoms with E-state index in [4.69, 9.17) is 8.92 Å². The lowest BCUT2D eigenvalue weighted by Crippen LogP contribution is -2.13. The molecule has 9 nitrogen and oxygen atoms in total. The molecule has 1 aromatic heterocycles. The lowest BCUT2D eigenvalue weighted by atomic mass is 10.1. The van der Waals surface area contributed by atoms with Gasteiger partial charge in [0.2, 0.25) is 10.3 Å². The third kappa shape index (κ3) is 7.33. The van der Waals surface area contributed by atoms with Crippen molar-refractivity contribution in [3.05, 3.63) is 29.3 Å². The van der Waals surface area contributed by atoms with E-state index in [2.05, 4.69) is 28.5 Å². The van der Waals surface area contributed by atoms with Gasteiger partial charge < -0.3 is 8.92 Å². The number of hydrogen-bond acceptors (Lipinski definition) is 10. The van der Waals surface area contributed by atoms with E-state index in [9.17, 15) is 18.5 Å². The van der Waals surface area contributed by atoms with Crippen LogP contribution in [0.5, 0.6) is 11.5 Å². The van der Waals surface area contributed by atoms with Crippen LogP contribution in [0, 0.1) is 17.2 Å². The van der Waals surface area contributed by atoms with Crippen molar-refractivity contribution < 1.29 is 22.1 Å². The van der Waals surface area contributed by atoms with Gasteiger partial charge in [-0.2, -0.15) is 23.0 Å². The molecule has 160 valence electrons. The van der Waals surface area contributed by atoms with Crippen LogP contribution in [0.2, 0.25) is 0 Å². The summed E-state index contributed by atoms with van der Waals surface area (Å²) in [4.78, 5) is 16.7. The molecule has 30 heavy (non-hydrogen) atoms. The third-order valence-corrected chi connectivity index (χ3v) is 5.78. The normalized spacial score (nSPS) is 11.8. The van der Waals surface area contributed by atoms with E-state index in [0.29, 0.717) is 21.8 Å². The minimum absolute atomic E-state index is 0.000367. The Kier molecular flexibility index (Phi) is 8.22. The van der Waals surface area contributed by atoms with Crippen LogP contribution >= 0.6 is 23.3 Å². The van der Waals surface area contributed by atoms with Crippen LogP contribution in [-0.2, 0) is 14.9 Å². The fourth-order valence-electron chi connectivity index (χ4n) is 2.05. The maximum atomic E-state index is 12.4. The predicted octanol–water partition coefficient (Wildman–Crippen LogP) is 3.18. The minimum atomic E-state index is -3.73. The maximum Gasteiger partial charge on any atom is 0.306 e. The van der Waals surface area contributed by atoms with Gasteiger partial charge in [0.05, 0.1) is 13.4 Å². The highest BCUT2D eigenvalue weighted by atomic mass is 32.2. The van der Waals surface area contributed by atoms with Crippen molar-refractivity contribution in [3.63, 3.8) is 0 Å². The Morgan fingerprint density at radius 2 is 2.13 bits per heavy atom. The summed E-state index contributed by atoms with van der Waals surface area (Å²) < 4.78 is 36.8. The van der Waals surface area contributed by atoms with Gasteiger partial charge in [-0.1, -0.05) is 31.7 Å². The SMILES string of the molecule is COc1cc(/C=C(/C#N)C(=O)Nc2nc(SCC(C)C)ns2)ccc1OS(C)(=O)=O. The molecule has 0 radical (unpaired) electrons. The van der Waals surface area contributed by atoms with E-state index < -0.39 is 16.0 Å². The molecule has 0 saturated heterocycles. The lowest BCUT2D eigenvalue weighted by molar-refractivity contribution is -0.112. The average Bonchev–Trinajstić information content (AvgIpc) is 3.11. The van der Waals surface area contributed by atoms with Crippen molar-refractivity contribution in [2.75, 3.05) is 24.4 Å². The van der Waals surface area contributed by atoms with Gasteiger partial charge in [-0.25, -0.2) is 0 Å². The summed E-state index contributed by atoms with van der Waals surface area (Å²) in [5.41, 5.74) is 0.283. The molecule has 2 rings (SSSR count). The summed E-state index contributed by atoms with van der Waals surface area (Å²) in [6.07, 6.45) is 2.26. The van der Waals surface area contributed by atoms with Crippen LogP contribution in [0.3, 0.4) is 0 Å². The Labute approximate surface area is 183 Å². The smallest absolute Gasteiger partial charge is 0.306 e. The Balaban J connectivity index is 2.16. The number of thioether (sulfide) groups is 1. The molecule has 0 aliphatic rings. The number of methoxy groups -OCH3 is 1. The number of nitrogens with zero attached hydrogens (tertiary/aromatic N) is 3. The molecular formula is C18H20N4O5S3. The van der Waals surface area contributed by atoms with Crippen molar-refractivity contribution in [2.24, 2.45) is 5.92 Å². The largest absolute Gasteiger partial charge is 0.493 e. The zero-order valence-corrected chi connectivity index (χ0v) is 19.2. The zero-order chi connectivity index (χ0) is 22.3. The standard InChI is InChI=1S/C18H20N4O5S3/c1-11(2)10-28-18-21-17(29-22-18)20-16(23)13(9-19)7-12-5-6-14(15(8-12)26-3)27-30(4,24)25/h5-8,11H,10H2,1-4H3,(H,20,21,22,23)/b13-7-. The fourth-order valence-corrected chi connectivity index (χ4v) is 4.00. The van der Waals surface area contributed by atoms with Gasteiger partial charge in [-0.05, 0) is 29.7 Å². The first-order chi connectivity index (χ1) is 14.1. The second-order valence-corrected chi connectivity index (χ2v) is 9.72. The Hall–Kier alpha value is -2.62. The summed E-state index contributed by atoms with van der Waals surface area (Å²) >= 11 is 2.52. The summed E-state index contributed by atoms with van der Waals surface area (Å²) in [5.74, 6) is 0.845. The van der Waals surface area contributed by atoms with Crippen LogP contribution in [0.1, 0.15) is 19.4 Å². The number of aromatic nitrogens is 2. The first kappa shape index (κ1) is 23.7. The highest BCUT2D eigenvalue weighted by Crippen LogP contribution is 2.30. The summed E-state index contributed by atoms with van der Waals surface area (Å²) in [6.45, 7) is 4.17. The lowest BCUT2D eigenvalue weighted by Gasteiger charge is -2.09. The van der Waals surface area contributed by atoms with E-state index in [-0.39, 0.29) is 17.1 Å². The number of nitriles is 1. The monoisotopic (exact) mass is 468 g/mol. The van der Waals surface area contributed by atoms with Crippen molar-refractivity contribution >= 4 is 50.5 Å². The molecular weight excluding hydrogens is 448 g/mol. The molecule has 0 saturated carbocycles. The number of carbonyl (C=O) groups excluding carboxylic acids is 1. The van der Waals surface area contributed by atoms with Gasteiger partial charge in [0, 0.05) is 17.3 Å². The van der Waals surface area contributed by atoms with Gasteiger partial charge in [-0.3, -0.25) is 10.1 Å². The van der Waals surface area contributed by atoms with E-state index >= 15 is 0 Å². The number of benzene rings is 1. The highest BCUT2D eigenvalue weighted by molar-refractivity contribution is 7.99. The van der Waals surface area contributed by atoms with Gasteiger partial charge in [0.1, 0.15) is 11.6 Å². The first-order valence-corrected chi connectivity index (χ1v) is 12.2. The molecule has 0 aliphatic heterocycles. The molecule has 0 fully saturated rings. The number of ether oxygens (including phenoxy) is 1. The Bertz CT molecular complexity index is 1090. The minimum Gasteiger partial charge on any atom is -0.493 e.